The Labute approximate surface area is 197 Å². The highest BCUT2D eigenvalue weighted by molar-refractivity contribution is 7.15. The number of hydrogen-bond acceptors (Lipinski definition) is 7. The summed E-state index contributed by atoms with van der Waals surface area (Å²) >= 11 is 0.970. The molecule has 2 fully saturated rings. The Morgan fingerprint density at radius 3 is 2.55 bits per heavy atom. The van der Waals surface area contributed by atoms with E-state index in [0.717, 1.165) is 50.2 Å². The third kappa shape index (κ3) is 6.35. The fourth-order valence-corrected chi connectivity index (χ4v) is 4.99. The van der Waals surface area contributed by atoms with Crippen molar-refractivity contribution >= 4 is 34.7 Å². The van der Waals surface area contributed by atoms with Gasteiger partial charge in [0.2, 0.25) is 15.9 Å². The Hall–Kier alpha value is -2.85. The highest BCUT2D eigenvalue weighted by Crippen LogP contribution is 2.21. The molecule has 2 aliphatic heterocycles. The van der Waals surface area contributed by atoms with Crippen molar-refractivity contribution in [1.29, 1.82) is 0 Å². The van der Waals surface area contributed by atoms with Crippen molar-refractivity contribution in [3.8, 4) is 0 Å². The summed E-state index contributed by atoms with van der Waals surface area (Å²) in [6, 6.07) is 9.05. The molecule has 0 saturated carbocycles. The number of carbonyl (C=O) groups is 3. The van der Waals surface area contributed by atoms with Gasteiger partial charge in [-0.15, -0.1) is 10.2 Å². The van der Waals surface area contributed by atoms with Crippen LogP contribution in [0.5, 0.6) is 0 Å². The molecule has 0 bridgehead atoms. The van der Waals surface area contributed by atoms with Crippen molar-refractivity contribution in [3.05, 3.63) is 40.3 Å². The van der Waals surface area contributed by atoms with Crippen molar-refractivity contribution in [2.24, 2.45) is 5.92 Å². The molecule has 0 unspecified atom stereocenters. The standard InChI is InChI=1S/C23H30N6O3S/c30-19(24-11-7-14-28-12-4-5-13-28)17-8-6-15-29(16-17)23(32)22-27-26-21(33-22)20(31)25-18-9-2-1-3-10-18/h1-3,9-10,17H,4-8,11-16H2,(H,24,30)(H,25,31)/t17-/m1/s1. The lowest BCUT2D eigenvalue weighted by Crippen LogP contribution is -2.45. The summed E-state index contributed by atoms with van der Waals surface area (Å²) in [7, 11) is 0. The maximum Gasteiger partial charge on any atom is 0.286 e. The predicted molar refractivity (Wildman–Crippen MR) is 126 cm³/mol. The van der Waals surface area contributed by atoms with E-state index in [4.69, 9.17) is 0 Å². The lowest BCUT2D eigenvalue weighted by molar-refractivity contribution is -0.126. The van der Waals surface area contributed by atoms with Crippen LogP contribution in [0.4, 0.5) is 5.69 Å². The van der Waals surface area contributed by atoms with Crippen LogP contribution < -0.4 is 10.6 Å². The number of anilines is 1. The summed E-state index contributed by atoms with van der Waals surface area (Å²) in [5.74, 6) is -0.891. The number of para-hydroxylation sites is 1. The van der Waals surface area contributed by atoms with Crippen LogP contribution in [-0.4, -0.2) is 77.0 Å². The second-order valence-corrected chi connectivity index (χ2v) is 9.49. The van der Waals surface area contributed by atoms with Crippen LogP contribution in [0.25, 0.3) is 0 Å². The van der Waals surface area contributed by atoms with Gasteiger partial charge < -0.3 is 20.4 Å². The first kappa shape index (κ1) is 23.3. The summed E-state index contributed by atoms with van der Waals surface area (Å²) in [6.45, 7) is 4.94. The van der Waals surface area contributed by atoms with E-state index in [9.17, 15) is 14.4 Å². The van der Waals surface area contributed by atoms with Crippen molar-refractivity contribution in [2.75, 3.05) is 44.6 Å². The first-order chi connectivity index (χ1) is 16.1. The number of nitrogens with zero attached hydrogens (tertiary/aromatic N) is 4. The number of rotatable bonds is 8. The third-order valence-corrected chi connectivity index (χ3v) is 6.97. The van der Waals surface area contributed by atoms with E-state index in [1.807, 2.05) is 18.2 Å². The van der Waals surface area contributed by atoms with E-state index in [1.54, 1.807) is 17.0 Å². The average Bonchev–Trinajstić information content (AvgIpc) is 3.54. The first-order valence-corrected chi connectivity index (χ1v) is 12.4. The molecule has 2 aliphatic rings. The molecule has 33 heavy (non-hydrogen) atoms. The van der Waals surface area contributed by atoms with Crippen LogP contribution in [0, 0.1) is 5.92 Å². The molecule has 0 spiro atoms. The second-order valence-electron chi connectivity index (χ2n) is 8.52. The lowest BCUT2D eigenvalue weighted by Gasteiger charge is -2.31. The number of aromatic nitrogens is 2. The highest BCUT2D eigenvalue weighted by atomic mass is 32.1. The third-order valence-electron chi connectivity index (χ3n) is 6.06. The van der Waals surface area contributed by atoms with Gasteiger partial charge in [-0.3, -0.25) is 14.4 Å². The summed E-state index contributed by atoms with van der Waals surface area (Å²) in [6.07, 6.45) is 5.01. The minimum Gasteiger partial charge on any atom is -0.356 e. The average molecular weight is 471 g/mol. The van der Waals surface area contributed by atoms with Gasteiger partial charge in [-0.05, 0) is 63.9 Å². The maximum absolute atomic E-state index is 12.9. The number of likely N-dealkylation sites (tertiary alicyclic amines) is 2. The molecule has 2 saturated heterocycles. The van der Waals surface area contributed by atoms with Crippen molar-refractivity contribution in [1.82, 2.24) is 25.3 Å². The number of hydrogen-bond donors (Lipinski definition) is 2. The van der Waals surface area contributed by atoms with Gasteiger partial charge in [0, 0.05) is 25.3 Å². The van der Waals surface area contributed by atoms with Crippen LogP contribution in [0.2, 0.25) is 0 Å². The van der Waals surface area contributed by atoms with Crippen LogP contribution >= 0.6 is 11.3 Å². The van der Waals surface area contributed by atoms with E-state index in [0.29, 0.717) is 25.3 Å². The fraction of sp³-hybridized carbons (Fsp3) is 0.522. The predicted octanol–water partition coefficient (Wildman–Crippen LogP) is 2.24. The summed E-state index contributed by atoms with van der Waals surface area (Å²) in [4.78, 5) is 42.0. The number of benzene rings is 1. The zero-order valence-electron chi connectivity index (χ0n) is 18.7. The molecule has 2 N–H and O–H groups in total. The number of piperidine rings is 1. The van der Waals surface area contributed by atoms with Gasteiger partial charge in [-0.25, -0.2) is 0 Å². The molecule has 2 aromatic rings. The fourth-order valence-electron chi connectivity index (χ4n) is 4.28. The summed E-state index contributed by atoms with van der Waals surface area (Å²) in [5.41, 5.74) is 0.649. The molecular formula is C23H30N6O3S. The van der Waals surface area contributed by atoms with Gasteiger partial charge >= 0.3 is 0 Å². The quantitative estimate of drug-likeness (QED) is 0.573. The van der Waals surface area contributed by atoms with Crippen LogP contribution in [0.15, 0.2) is 30.3 Å². The molecule has 0 radical (unpaired) electrons. The van der Waals surface area contributed by atoms with Gasteiger partial charge in [0.25, 0.3) is 11.8 Å². The Kier molecular flexibility index (Phi) is 8.01. The van der Waals surface area contributed by atoms with Crippen LogP contribution in [-0.2, 0) is 4.79 Å². The first-order valence-electron chi connectivity index (χ1n) is 11.6. The molecule has 0 aliphatic carbocycles. The number of amides is 3. The SMILES string of the molecule is O=C(Nc1ccccc1)c1nnc(C(=O)N2CCC[C@@H](C(=O)NCCCN3CCCC3)C2)s1. The Balaban J connectivity index is 1.26. The summed E-state index contributed by atoms with van der Waals surface area (Å²) < 4.78 is 0. The van der Waals surface area contributed by atoms with Crippen molar-refractivity contribution in [2.45, 2.75) is 32.1 Å². The Morgan fingerprint density at radius 2 is 1.76 bits per heavy atom. The maximum atomic E-state index is 12.9. The molecular weight excluding hydrogens is 440 g/mol. The monoisotopic (exact) mass is 470 g/mol. The van der Waals surface area contributed by atoms with Gasteiger partial charge in [0.05, 0.1) is 5.92 Å². The molecule has 10 heteroatoms. The minimum atomic E-state index is -0.400. The molecule has 1 atom stereocenters. The molecule has 4 rings (SSSR count). The van der Waals surface area contributed by atoms with E-state index >= 15 is 0 Å². The number of carbonyl (C=O) groups excluding carboxylic acids is 3. The molecule has 3 heterocycles. The van der Waals surface area contributed by atoms with E-state index in [-0.39, 0.29) is 27.7 Å². The van der Waals surface area contributed by atoms with Crippen molar-refractivity contribution < 1.29 is 14.4 Å². The van der Waals surface area contributed by atoms with E-state index < -0.39 is 5.91 Å². The van der Waals surface area contributed by atoms with Crippen LogP contribution in [0.1, 0.15) is 51.7 Å². The zero-order valence-corrected chi connectivity index (χ0v) is 19.5. The molecule has 1 aromatic carbocycles. The van der Waals surface area contributed by atoms with Gasteiger partial charge in [-0.2, -0.15) is 0 Å². The molecule has 3 amide bonds. The van der Waals surface area contributed by atoms with Gasteiger partial charge in [0.15, 0.2) is 0 Å². The highest BCUT2D eigenvalue weighted by Gasteiger charge is 2.30. The minimum absolute atomic E-state index is 0.00844. The normalized spacial score (nSPS) is 18.8. The van der Waals surface area contributed by atoms with Crippen LogP contribution in [0.3, 0.4) is 0 Å². The topological polar surface area (TPSA) is 108 Å². The zero-order chi connectivity index (χ0) is 23.0. The van der Waals surface area contributed by atoms with Crippen molar-refractivity contribution in [3.63, 3.8) is 0 Å². The smallest absolute Gasteiger partial charge is 0.286 e. The summed E-state index contributed by atoms with van der Waals surface area (Å²) in [5, 5.41) is 13.9. The van der Waals surface area contributed by atoms with Gasteiger partial charge in [-0.1, -0.05) is 29.5 Å². The largest absolute Gasteiger partial charge is 0.356 e. The Morgan fingerprint density at radius 1 is 1.00 bits per heavy atom. The lowest BCUT2D eigenvalue weighted by atomic mass is 9.97. The molecule has 1 aromatic heterocycles. The second kappa shape index (κ2) is 11.3. The van der Waals surface area contributed by atoms with E-state index in [1.165, 1.54) is 12.8 Å². The molecule has 176 valence electrons. The number of nitrogens with one attached hydrogen (secondary N) is 2. The molecule has 9 nitrogen and oxygen atoms in total. The van der Waals surface area contributed by atoms with Gasteiger partial charge in [0.1, 0.15) is 0 Å². The van der Waals surface area contributed by atoms with E-state index in [2.05, 4.69) is 25.7 Å². The Bertz CT molecular complexity index is 960.